The molecule has 0 radical (unpaired) electrons. The van der Waals surface area contributed by atoms with Gasteiger partial charge in [0.05, 0.1) is 6.54 Å². The summed E-state index contributed by atoms with van der Waals surface area (Å²) in [6.45, 7) is -0.174. The minimum atomic E-state index is -1.06. The van der Waals surface area contributed by atoms with Crippen LogP contribution in [0.4, 0.5) is 13.2 Å². The Morgan fingerprint density at radius 1 is 0.931 bits per heavy atom. The van der Waals surface area contributed by atoms with Gasteiger partial charge in [0.1, 0.15) is 5.82 Å². The van der Waals surface area contributed by atoms with Crippen LogP contribution in [0.3, 0.4) is 0 Å². The normalized spacial score (nSPS) is 11.2. The molecular formula is C19H12F3N5O2. The van der Waals surface area contributed by atoms with Gasteiger partial charge in [0.2, 0.25) is 0 Å². The Bertz CT molecular complexity index is 1360. The van der Waals surface area contributed by atoms with Gasteiger partial charge in [0, 0.05) is 12.6 Å². The van der Waals surface area contributed by atoms with Gasteiger partial charge in [-0.15, -0.1) is 10.2 Å². The minimum absolute atomic E-state index is 0.0765. The highest BCUT2D eigenvalue weighted by Gasteiger charge is 2.16. The molecule has 146 valence electrons. The van der Waals surface area contributed by atoms with E-state index in [-0.39, 0.29) is 29.1 Å². The van der Waals surface area contributed by atoms with Crippen molar-refractivity contribution in [3.05, 3.63) is 86.3 Å². The zero-order valence-electron chi connectivity index (χ0n) is 14.9. The van der Waals surface area contributed by atoms with Gasteiger partial charge in [-0.3, -0.25) is 13.9 Å². The zero-order chi connectivity index (χ0) is 20.7. The molecular weight excluding hydrogens is 387 g/mol. The first-order valence-corrected chi connectivity index (χ1v) is 8.39. The van der Waals surface area contributed by atoms with Gasteiger partial charge < -0.3 is 0 Å². The Morgan fingerprint density at radius 3 is 2.34 bits per heavy atom. The van der Waals surface area contributed by atoms with Crippen LogP contribution in [0.25, 0.3) is 22.6 Å². The number of nitrogens with zero attached hydrogens (tertiary/aromatic N) is 5. The number of rotatable bonds is 3. The quantitative estimate of drug-likeness (QED) is 0.526. The Kier molecular flexibility index (Phi) is 4.45. The van der Waals surface area contributed by atoms with Crippen LogP contribution in [0.2, 0.25) is 0 Å². The van der Waals surface area contributed by atoms with E-state index in [0.29, 0.717) is 5.56 Å². The third-order valence-electron chi connectivity index (χ3n) is 4.38. The maximum atomic E-state index is 13.5. The molecule has 0 aliphatic carbocycles. The lowest BCUT2D eigenvalue weighted by Gasteiger charge is -2.11. The molecule has 2 aromatic carbocycles. The summed E-state index contributed by atoms with van der Waals surface area (Å²) >= 11 is 0. The molecule has 0 aliphatic rings. The molecule has 2 aromatic heterocycles. The standard InChI is InChI=1S/C19H12F3N5O2/c1-26-18(28)15-17(25-24-16(23-15)11-3-5-12(20)6-4-11)27(19(26)29)9-10-2-7-13(21)14(22)8-10/h2-8H,9H2,1H3. The first-order valence-electron chi connectivity index (χ1n) is 8.39. The minimum Gasteiger partial charge on any atom is -0.270 e. The van der Waals surface area contributed by atoms with Crippen LogP contribution in [-0.2, 0) is 13.6 Å². The topological polar surface area (TPSA) is 82.7 Å². The van der Waals surface area contributed by atoms with Crippen LogP contribution in [0, 0.1) is 17.5 Å². The van der Waals surface area contributed by atoms with Crippen LogP contribution < -0.4 is 11.2 Å². The summed E-state index contributed by atoms with van der Waals surface area (Å²) in [6.07, 6.45) is 0. The maximum Gasteiger partial charge on any atom is 0.332 e. The molecule has 0 bridgehead atoms. The van der Waals surface area contributed by atoms with E-state index in [1.165, 1.54) is 37.4 Å². The van der Waals surface area contributed by atoms with Crippen LogP contribution in [0.15, 0.2) is 52.1 Å². The van der Waals surface area contributed by atoms with Gasteiger partial charge in [0.15, 0.2) is 28.6 Å². The van der Waals surface area contributed by atoms with E-state index in [1.807, 2.05) is 0 Å². The first kappa shape index (κ1) is 18.5. The molecule has 0 amide bonds. The van der Waals surface area contributed by atoms with E-state index >= 15 is 0 Å². The van der Waals surface area contributed by atoms with Gasteiger partial charge in [-0.2, -0.15) is 0 Å². The number of benzene rings is 2. The third kappa shape index (κ3) is 3.28. The highest BCUT2D eigenvalue weighted by molar-refractivity contribution is 5.71. The maximum absolute atomic E-state index is 13.5. The second-order valence-corrected chi connectivity index (χ2v) is 6.30. The van der Waals surface area contributed by atoms with Gasteiger partial charge in [0.25, 0.3) is 5.56 Å². The summed E-state index contributed by atoms with van der Waals surface area (Å²) in [7, 11) is 1.27. The SMILES string of the molecule is Cn1c(=O)c2nc(-c3ccc(F)cc3)nnc2n(Cc2ccc(F)c(F)c2)c1=O. The van der Waals surface area contributed by atoms with Crippen LogP contribution >= 0.6 is 0 Å². The van der Waals surface area contributed by atoms with E-state index in [2.05, 4.69) is 15.2 Å². The number of aromatic nitrogens is 5. The van der Waals surface area contributed by atoms with Crippen LogP contribution in [-0.4, -0.2) is 24.3 Å². The summed E-state index contributed by atoms with van der Waals surface area (Å²) in [5.74, 6) is -2.45. The van der Waals surface area contributed by atoms with Crippen molar-refractivity contribution >= 4 is 11.2 Å². The number of hydrogen-bond donors (Lipinski definition) is 0. The molecule has 10 heteroatoms. The van der Waals surface area contributed by atoms with E-state index < -0.39 is 28.7 Å². The Balaban J connectivity index is 1.90. The molecule has 4 aromatic rings. The summed E-state index contributed by atoms with van der Waals surface area (Å²) < 4.78 is 41.8. The molecule has 0 atom stereocenters. The average molecular weight is 399 g/mol. The number of hydrogen-bond acceptors (Lipinski definition) is 5. The van der Waals surface area contributed by atoms with Crippen molar-refractivity contribution in [3.8, 4) is 11.4 Å². The largest absolute Gasteiger partial charge is 0.332 e. The fraction of sp³-hybridized carbons (Fsp3) is 0.105. The van der Waals surface area contributed by atoms with E-state index in [4.69, 9.17) is 0 Å². The summed E-state index contributed by atoms with van der Waals surface area (Å²) in [6, 6.07) is 8.49. The molecule has 7 nitrogen and oxygen atoms in total. The lowest BCUT2D eigenvalue weighted by molar-refractivity contribution is 0.506. The van der Waals surface area contributed by atoms with Crippen molar-refractivity contribution < 1.29 is 13.2 Å². The lowest BCUT2D eigenvalue weighted by atomic mass is 10.2. The summed E-state index contributed by atoms with van der Waals surface area (Å²) in [5, 5.41) is 7.88. The molecule has 29 heavy (non-hydrogen) atoms. The van der Waals surface area contributed by atoms with Gasteiger partial charge in [-0.1, -0.05) is 6.07 Å². The Hall–Kier alpha value is -3.82. The Morgan fingerprint density at radius 2 is 1.66 bits per heavy atom. The highest BCUT2D eigenvalue weighted by atomic mass is 19.2. The van der Waals surface area contributed by atoms with E-state index in [9.17, 15) is 22.8 Å². The van der Waals surface area contributed by atoms with Gasteiger partial charge in [-0.25, -0.2) is 22.9 Å². The lowest BCUT2D eigenvalue weighted by Crippen LogP contribution is -2.39. The summed E-state index contributed by atoms with van der Waals surface area (Å²) in [5.41, 5.74) is -0.920. The molecule has 0 unspecified atom stereocenters. The second-order valence-electron chi connectivity index (χ2n) is 6.30. The molecule has 0 spiro atoms. The van der Waals surface area contributed by atoms with Gasteiger partial charge in [-0.05, 0) is 42.0 Å². The second kappa shape index (κ2) is 6.97. The molecule has 4 rings (SSSR count). The fourth-order valence-corrected chi connectivity index (χ4v) is 2.85. The smallest absolute Gasteiger partial charge is 0.270 e. The van der Waals surface area contributed by atoms with Crippen LogP contribution in [0.1, 0.15) is 5.56 Å². The van der Waals surface area contributed by atoms with Crippen molar-refractivity contribution in [2.45, 2.75) is 6.54 Å². The Labute approximate surface area is 160 Å². The first-order chi connectivity index (χ1) is 13.8. The van der Waals surface area contributed by atoms with Gasteiger partial charge >= 0.3 is 5.69 Å². The molecule has 0 aliphatic heterocycles. The predicted molar refractivity (Wildman–Crippen MR) is 97.7 cm³/mol. The predicted octanol–water partition coefficient (Wildman–Crippen LogP) is 2.02. The van der Waals surface area contributed by atoms with E-state index in [0.717, 1.165) is 21.3 Å². The molecule has 0 saturated heterocycles. The molecule has 2 heterocycles. The van der Waals surface area contributed by atoms with Crippen molar-refractivity contribution in [1.29, 1.82) is 0 Å². The fourth-order valence-electron chi connectivity index (χ4n) is 2.85. The summed E-state index contributed by atoms with van der Waals surface area (Å²) in [4.78, 5) is 29.3. The monoisotopic (exact) mass is 399 g/mol. The van der Waals surface area contributed by atoms with E-state index in [1.54, 1.807) is 0 Å². The van der Waals surface area contributed by atoms with Crippen molar-refractivity contribution in [2.24, 2.45) is 7.05 Å². The van der Waals surface area contributed by atoms with Crippen molar-refractivity contribution in [1.82, 2.24) is 24.3 Å². The molecule has 0 saturated carbocycles. The average Bonchev–Trinajstić information content (AvgIpc) is 2.72. The molecule has 0 N–H and O–H groups in total. The van der Waals surface area contributed by atoms with Crippen LogP contribution in [0.5, 0.6) is 0 Å². The highest BCUT2D eigenvalue weighted by Crippen LogP contribution is 2.16. The molecule has 0 fully saturated rings. The third-order valence-corrected chi connectivity index (χ3v) is 4.38. The number of halogens is 3. The number of fused-ring (bicyclic) bond motifs is 1. The zero-order valence-corrected chi connectivity index (χ0v) is 14.9. The van der Waals surface area contributed by atoms with Crippen molar-refractivity contribution in [2.75, 3.05) is 0 Å². The van der Waals surface area contributed by atoms with Crippen molar-refractivity contribution in [3.63, 3.8) is 0 Å².